The molecule has 4 aliphatic carbocycles. The predicted molar refractivity (Wildman–Crippen MR) is 191 cm³/mol. The first-order valence-corrected chi connectivity index (χ1v) is 20.2. The van der Waals surface area contributed by atoms with Gasteiger partial charge in [0.25, 0.3) is 0 Å². The zero-order chi connectivity index (χ0) is 40.5. The molecule has 5 N–H and O–H groups in total. The van der Waals surface area contributed by atoms with Crippen LogP contribution in [0.1, 0.15) is 86.0 Å². The van der Waals surface area contributed by atoms with E-state index in [1.54, 1.807) is 6.92 Å². The van der Waals surface area contributed by atoms with Crippen LogP contribution >= 0.6 is 0 Å². The summed E-state index contributed by atoms with van der Waals surface area (Å²) in [4.78, 5) is 36.9. The van der Waals surface area contributed by atoms with Crippen molar-refractivity contribution in [3.05, 3.63) is 11.6 Å². The molecule has 2 saturated heterocycles. The average molecular weight is 797 g/mol. The van der Waals surface area contributed by atoms with Crippen molar-refractivity contribution in [2.75, 3.05) is 20.3 Å². The lowest BCUT2D eigenvalue weighted by atomic mass is 9.43. The molecule has 7 aliphatic rings. The molecular formula is C40H60O16. The zero-order valence-corrected chi connectivity index (χ0v) is 33.1. The Hall–Kier alpha value is -2.25. The van der Waals surface area contributed by atoms with Gasteiger partial charge >= 0.3 is 17.9 Å². The number of ether oxygens (including phenoxy) is 8. The minimum atomic E-state index is -1.65. The molecule has 0 amide bonds. The van der Waals surface area contributed by atoms with E-state index in [4.69, 9.17) is 37.9 Å². The number of esters is 3. The molecule has 3 heterocycles. The van der Waals surface area contributed by atoms with Gasteiger partial charge in [-0.2, -0.15) is 0 Å². The second-order valence-electron chi connectivity index (χ2n) is 17.8. The molecule has 0 aromatic carbocycles. The molecule has 3 aliphatic heterocycles. The van der Waals surface area contributed by atoms with Gasteiger partial charge in [0.15, 0.2) is 18.7 Å². The molecule has 19 atom stereocenters. The van der Waals surface area contributed by atoms with E-state index in [9.17, 15) is 39.9 Å². The van der Waals surface area contributed by atoms with E-state index < -0.39 is 103 Å². The number of hydrogen-bond donors (Lipinski definition) is 5. The normalized spacial score (nSPS) is 50.2. The van der Waals surface area contributed by atoms with Crippen LogP contribution in [-0.4, -0.2) is 143 Å². The summed E-state index contributed by atoms with van der Waals surface area (Å²) in [5, 5.41) is 53.8. The smallest absolute Gasteiger partial charge is 0.331 e. The number of methoxy groups -OCH3 is 1. The van der Waals surface area contributed by atoms with Crippen LogP contribution in [0.4, 0.5) is 0 Å². The first-order chi connectivity index (χ1) is 26.4. The average Bonchev–Trinajstić information content (AvgIpc) is 3.66. The van der Waals surface area contributed by atoms with Crippen molar-refractivity contribution < 1.29 is 77.8 Å². The maximum absolute atomic E-state index is 12.9. The number of aliphatic hydroxyl groups excluding tert-OH is 4. The molecular weight excluding hydrogens is 736 g/mol. The Morgan fingerprint density at radius 2 is 1.61 bits per heavy atom. The van der Waals surface area contributed by atoms with Gasteiger partial charge in [0, 0.05) is 44.8 Å². The van der Waals surface area contributed by atoms with Crippen LogP contribution in [-0.2, 0) is 52.3 Å². The van der Waals surface area contributed by atoms with Gasteiger partial charge < -0.3 is 63.4 Å². The topological polar surface area (TPSA) is 226 Å². The second-order valence-corrected chi connectivity index (χ2v) is 17.8. The van der Waals surface area contributed by atoms with Crippen molar-refractivity contribution >= 4 is 17.9 Å². The van der Waals surface area contributed by atoms with Gasteiger partial charge in [0.2, 0.25) is 0 Å². The maximum Gasteiger partial charge on any atom is 0.331 e. The van der Waals surface area contributed by atoms with Gasteiger partial charge in [-0.05, 0) is 80.6 Å². The summed E-state index contributed by atoms with van der Waals surface area (Å²) in [6.07, 6.45) is -5.76. The fraction of sp³-hybridized carbons (Fsp3) is 0.875. The molecule has 0 radical (unpaired) electrons. The van der Waals surface area contributed by atoms with Gasteiger partial charge in [-0.25, -0.2) is 4.79 Å². The van der Waals surface area contributed by atoms with Gasteiger partial charge in [0.05, 0.1) is 24.4 Å². The van der Waals surface area contributed by atoms with Crippen LogP contribution in [0, 0.1) is 34.5 Å². The number of fused-ring (bicyclic) bond motifs is 5. The third-order valence-electron chi connectivity index (χ3n) is 15.0. The molecule has 7 rings (SSSR count). The van der Waals surface area contributed by atoms with Crippen LogP contribution in [0.3, 0.4) is 0 Å². The first-order valence-electron chi connectivity index (χ1n) is 20.2. The quantitative estimate of drug-likeness (QED) is 0.125. The molecule has 0 spiro atoms. The van der Waals surface area contributed by atoms with E-state index in [0.717, 1.165) is 37.7 Å². The fourth-order valence-electron chi connectivity index (χ4n) is 12.2. The van der Waals surface area contributed by atoms with E-state index in [0.29, 0.717) is 19.3 Å². The highest BCUT2D eigenvalue weighted by atomic mass is 16.8. The maximum atomic E-state index is 12.9. The van der Waals surface area contributed by atoms with Crippen molar-refractivity contribution in [3.63, 3.8) is 0 Å². The zero-order valence-electron chi connectivity index (χ0n) is 33.1. The molecule has 0 aromatic rings. The fourth-order valence-corrected chi connectivity index (χ4v) is 12.2. The number of aliphatic hydroxyl groups is 5. The summed E-state index contributed by atoms with van der Waals surface area (Å²) < 4.78 is 47.4. The molecule has 16 nitrogen and oxygen atoms in total. The van der Waals surface area contributed by atoms with Crippen molar-refractivity contribution in [2.45, 2.75) is 165 Å². The van der Waals surface area contributed by atoms with Crippen LogP contribution in [0.5, 0.6) is 0 Å². The summed E-state index contributed by atoms with van der Waals surface area (Å²) in [6.45, 7) is 8.31. The summed E-state index contributed by atoms with van der Waals surface area (Å²) in [5.74, 6) is -1.28. The van der Waals surface area contributed by atoms with Crippen LogP contribution in [0.25, 0.3) is 0 Å². The largest absolute Gasteiger partial charge is 0.462 e. The molecule has 19 unspecified atom stereocenters. The van der Waals surface area contributed by atoms with Gasteiger partial charge in [-0.3, -0.25) is 9.59 Å². The minimum Gasteiger partial charge on any atom is -0.462 e. The third kappa shape index (κ3) is 7.02. The Morgan fingerprint density at radius 1 is 0.875 bits per heavy atom. The number of carbonyl (C=O) groups excluding carboxylic acids is 3. The lowest BCUT2D eigenvalue weighted by Crippen LogP contribution is -2.65. The van der Waals surface area contributed by atoms with E-state index in [2.05, 4.69) is 13.8 Å². The first kappa shape index (κ1) is 41.9. The van der Waals surface area contributed by atoms with E-state index in [-0.39, 0.29) is 41.8 Å². The SMILES string of the molecule is COC1C(OC2OC(CO)C(O)C(O)C2O)C(C)OC(OC2CCC3(C)C(CCC4C3CCC3(C)C(C5=CC(=O)OC5)C(OC(C)=O)CC43O)C2)C1OC(C)=O. The Balaban J connectivity index is 1.05. The van der Waals surface area contributed by atoms with Crippen molar-refractivity contribution in [1.82, 2.24) is 0 Å². The highest BCUT2D eigenvalue weighted by molar-refractivity contribution is 5.85. The Bertz CT molecular complexity index is 1520. The number of rotatable bonds is 9. The molecule has 316 valence electrons. The summed E-state index contributed by atoms with van der Waals surface area (Å²) in [5.41, 5.74) is -1.04. The molecule has 0 bridgehead atoms. The van der Waals surface area contributed by atoms with Crippen molar-refractivity contribution in [3.8, 4) is 0 Å². The molecule has 4 saturated carbocycles. The van der Waals surface area contributed by atoms with Crippen molar-refractivity contribution in [2.24, 2.45) is 34.5 Å². The third-order valence-corrected chi connectivity index (χ3v) is 15.0. The summed E-state index contributed by atoms with van der Waals surface area (Å²) in [6, 6.07) is 0. The lowest BCUT2D eigenvalue weighted by molar-refractivity contribution is -0.362. The Morgan fingerprint density at radius 3 is 2.25 bits per heavy atom. The number of carbonyl (C=O) groups is 3. The number of cyclic esters (lactones) is 1. The minimum absolute atomic E-state index is 0.0272. The second kappa shape index (κ2) is 15.7. The van der Waals surface area contributed by atoms with Gasteiger partial charge in [-0.1, -0.05) is 13.8 Å². The highest BCUT2D eigenvalue weighted by Gasteiger charge is 2.71. The van der Waals surface area contributed by atoms with E-state index in [1.165, 1.54) is 27.0 Å². The van der Waals surface area contributed by atoms with Crippen LogP contribution in [0.15, 0.2) is 11.6 Å². The highest BCUT2D eigenvalue weighted by Crippen LogP contribution is 2.70. The lowest BCUT2D eigenvalue weighted by Gasteiger charge is -2.63. The predicted octanol–water partition coefficient (Wildman–Crippen LogP) is 1.05. The molecule has 16 heteroatoms. The Kier molecular flexibility index (Phi) is 11.8. The monoisotopic (exact) mass is 796 g/mol. The van der Waals surface area contributed by atoms with Crippen LogP contribution < -0.4 is 0 Å². The van der Waals surface area contributed by atoms with E-state index >= 15 is 0 Å². The van der Waals surface area contributed by atoms with Gasteiger partial charge in [-0.15, -0.1) is 0 Å². The summed E-state index contributed by atoms with van der Waals surface area (Å²) >= 11 is 0. The van der Waals surface area contributed by atoms with Crippen LogP contribution in [0.2, 0.25) is 0 Å². The molecule has 0 aromatic heterocycles. The molecule has 6 fully saturated rings. The Labute approximate surface area is 327 Å². The number of hydrogen-bond acceptors (Lipinski definition) is 16. The molecule has 56 heavy (non-hydrogen) atoms. The van der Waals surface area contributed by atoms with Crippen molar-refractivity contribution in [1.29, 1.82) is 0 Å². The van der Waals surface area contributed by atoms with E-state index in [1.807, 2.05) is 0 Å². The standard InChI is InChI=1S/C40H60O16/c1-18-33(56-36-32(47)31(46)30(45)27(16-41)55-36)34(49-6)35(53-20(3)43)37(51-18)54-23-9-11-38(4)22(14-23)7-8-25-24(38)10-12-39(5)29(21-13-28(44)50-17-21)26(52-19(2)42)15-40(25,39)48/h13,18,22-27,29-37,41,45-48H,7-12,14-17H2,1-6H3. The summed E-state index contributed by atoms with van der Waals surface area (Å²) in [7, 11) is 1.42. The van der Waals surface area contributed by atoms with Gasteiger partial charge in [0.1, 0.15) is 49.3 Å².